The van der Waals surface area contributed by atoms with Gasteiger partial charge in [0.15, 0.2) is 5.82 Å². The Morgan fingerprint density at radius 1 is 1.05 bits per heavy atom. The van der Waals surface area contributed by atoms with E-state index in [0.29, 0.717) is 6.04 Å². The molecule has 0 atom stereocenters. The van der Waals surface area contributed by atoms with Gasteiger partial charge >= 0.3 is 0 Å². The minimum atomic E-state index is 0.369. The average molecular weight is 269 g/mol. The van der Waals surface area contributed by atoms with Gasteiger partial charge in [0.1, 0.15) is 0 Å². The van der Waals surface area contributed by atoms with Crippen molar-refractivity contribution < 1.29 is 0 Å². The van der Waals surface area contributed by atoms with Gasteiger partial charge in [0.05, 0.1) is 0 Å². The first-order valence-electron chi connectivity index (χ1n) is 6.32. The summed E-state index contributed by atoms with van der Waals surface area (Å²) in [5, 5.41) is 6.57. The Labute approximate surface area is 116 Å². The summed E-state index contributed by atoms with van der Waals surface area (Å²) in [4.78, 5) is 4.57. The van der Waals surface area contributed by atoms with Crippen molar-refractivity contribution in [2.45, 2.75) is 19.9 Å². The molecule has 4 heteroatoms. The molecule has 3 rings (SSSR count). The summed E-state index contributed by atoms with van der Waals surface area (Å²) in [7, 11) is 0. The number of nitrogens with zero attached hydrogens (tertiary/aromatic N) is 2. The monoisotopic (exact) mass is 269 g/mol. The zero-order valence-corrected chi connectivity index (χ0v) is 11.7. The van der Waals surface area contributed by atoms with Gasteiger partial charge in [0.2, 0.25) is 5.13 Å². The van der Waals surface area contributed by atoms with Crippen LogP contribution in [0, 0.1) is 0 Å². The summed E-state index contributed by atoms with van der Waals surface area (Å²) >= 11 is 1.41. The third-order valence-electron chi connectivity index (χ3n) is 2.87. The molecule has 1 heterocycles. The second kappa shape index (κ2) is 4.97. The van der Waals surface area contributed by atoms with E-state index in [1.54, 1.807) is 0 Å². The third kappa shape index (κ3) is 2.44. The Balaban J connectivity index is 2.06. The molecule has 2 aromatic carbocycles. The van der Waals surface area contributed by atoms with E-state index in [2.05, 4.69) is 52.8 Å². The number of fused-ring (bicyclic) bond motifs is 1. The van der Waals surface area contributed by atoms with Crippen molar-refractivity contribution in [2.75, 3.05) is 5.32 Å². The van der Waals surface area contributed by atoms with E-state index in [9.17, 15) is 0 Å². The van der Waals surface area contributed by atoms with Gasteiger partial charge in [0, 0.05) is 23.1 Å². The highest BCUT2D eigenvalue weighted by molar-refractivity contribution is 7.09. The Bertz CT molecular complexity index is 698. The number of benzene rings is 2. The molecular formula is C15H15N3S. The highest BCUT2D eigenvalue weighted by Gasteiger charge is 2.09. The predicted octanol–water partition coefficient (Wildman–Crippen LogP) is 4.18. The fraction of sp³-hybridized carbons (Fsp3) is 0.200. The average Bonchev–Trinajstić information content (AvgIpc) is 2.85. The molecule has 0 amide bonds. The van der Waals surface area contributed by atoms with E-state index < -0.39 is 0 Å². The first-order chi connectivity index (χ1) is 9.24. The van der Waals surface area contributed by atoms with Crippen molar-refractivity contribution in [2.24, 2.45) is 0 Å². The van der Waals surface area contributed by atoms with Gasteiger partial charge in [-0.25, -0.2) is 0 Å². The molecular weight excluding hydrogens is 254 g/mol. The van der Waals surface area contributed by atoms with Gasteiger partial charge in [-0.1, -0.05) is 42.5 Å². The Hall–Kier alpha value is -1.94. The molecule has 3 nitrogen and oxygen atoms in total. The van der Waals surface area contributed by atoms with Crippen molar-refractivity contribution in [3.63, 3.8) is 0 Å². The van der Waals surface area contributed by atoms with E-state index in [1.165, 1.54) is 22.3 Å². The van der Waals surface area contributed by atoms with Crippen LogP contribution in [0.2, 0.25) is 0 Å². The molecule has 1 aromatic heterocycles. The SMILES string of the molecule is CC(C)Nc1nc(-c2cccc3ccccc23)ns1. The zero-order valence-electron chi connectivity index (χ0n) is 10.9. The quantitative estimate of drug-likeness (QED) is 0.775. The molecule has 0 saturated heterocycles. The molecule has 0 spiro atoms. The molecule has 0 bridgehead atoms. The van der Waals surface area contributed by atoms with Crippen molar-refractivity contribution >= 4 is 27.4 Å². The summed E-state index contributed by atoms with van der Waals surface area (Å²) in [6.45, 7) is 4.19. The van der Waals surface area contributed by atoms with Gasteiger partial charge < -0.3 is 5.32 Å². The van der Waals surface area contributed by atoms with Crippen LogP contribution in [0.5, 0.6) is 0 Å². The molecule has 96 valence electrons. The van der Waals surface area contributed by atoms with Crippen LogP contribution in [0.1, 0.15) is 13.8 Å². The lowest BCUT2D eigenvalue weighted by Gasteiger charge is -2.04. The molecule has 0 aliphatic heterocycles. The van der Waals surface area contributed by atoms with E-state index in [4.69, 9.17) is 0 Å². The normalized spacial score (nSPS) is 11.1. The maximum atomic E-state index is 4.57. The van der Waals surface area contributed by atoms with Crippen LogP contribution in [-0.2, 0) is 0 Å². The van der Waals surface area contributed by atoms with Crippen LogP contribution < -0.4 is 5.32 Å². The lowest BCUT2D eigenvalue weighted by Crippen LogP contribution is -2.08. The first-order valence-corrected chi connectivity index (χ1v) is 7.10. The lowest BCUT2D eigenvalue weighted by molar-refractivity contribution is 0.896. The van der Waals surface area contributed by atoms with Crippen molar-refractivity contribution in [1.82, 2.24) is 9.36 Å². The van der Waals surface area contributed by atoms with Crippen LogP contribution in [-0.4, -0.2) is 15.4 Å². The van der Waals surface area contributed by atoms with Gasteiger partial charge in [-0.3, -0.25) is 0 Å². The van der Waals surface area contributed by atoms with E-state index >= 15 is 0 Å². The fourth-order valence-electron chi connectivity index (χ4n) is 2.06. The lowest BCUT2D eigenvalue weighted by atomic mass is 10.0. The fourth-order valence-corrected chi connectivity index (χ4v) is 2.79. The second-order valence-corrected chi connectivity index (χ2v) is 5.50. The summed E-state index contributed by atoms with van der Waals surface area (Å²) in [5.41, 5.74) is 1.09. The van der Waals surface area contributed by atoms with Crippen molar-refractivity contribution in [3.8, 4) is 11.4 Å². The number of nitrogens with one attached hydrogen (secondary N) is 1. The molecule has 0 aliphatic rings. The number of hydrogen-bond acceptors (Lipinski definition) is 4. The van der Waals surface area contributed by atoms with Gasteiger partial charge in [0.25, 0.3) is 0 Å². The zero-order chi connectivity index (χ0) is 13.2. The van der Waals surface area contributed by atoms with E-state index in [0.717, 1.165) is 16.5 Å². The smallest absolute Gasteiger partial charge is 0.203 e. The minimum Gasteiger partial charge on any atom is -0.358 e. The van der Waals surface area contributed by atoms with E-state index in [1.807, 2.05) is 18.2 Å². The Morgan fingerprint density at radius 3 is 2.68 bits per heavy atom. The Morgan fingerprint density at radius 2 is 1.84 bits per heavy atom. The number of anilines is 1. The van der Waals surface area contributed by atoms with Gasteiger partial charge in [-0.05, 0) is 24.6 Å². The minimum absolute atomic E-state index is 0.369. The van der Waals surface area contributed by atoms with Crippen LogP contribution in [0.3, 0.4) is 0 Å². The summed E-state index contributed by atoms with van der Waals surface area (Å²) in [6, 6.07) is 14.9. The first kappa shape index (κ1) is 12.1. The number of rotatable bonds is 3. The molecule has 19 heavy (non-hydrogen) atoms. The molecule has 0 radical (unpaired) electrons. The second-order valence-electron chi connectivity index (χ2n) is 4.75. The third-order valence-corrected chi connectivity index (χ3v) is 3.52. The molecule has 0 saturated carbocycles. The molecule has 3 aromatic rings. The topological polar surface area (TPSA) is 37.8 Å². The van der Waals surface area contributed by atoms with Crippen LogP contribution >= 0.6 is 11.5 Å². The highest BCUT2D eigenvalue weighted by Crippen LogP contribution is 2.28. The number of hydrogen-bond donors (Lipinski definition) is 1. The molecule has 1 N–H and O–H groups in total. The number of aromatic nitrogens is 2. The standard InChI is InChI=1S/C15H15N3S/c1-10(2)16-15-17-14(18-19-15)13-9-5-7-11-6-3-4-8-12(11)13/h3-10H,1-2H3,(H,16,17,18). The highest BCUT2D eigenvalue weighted by atomic mass is 32.1. The van der Waals surface area contributed by atoms with Gasteiger partial charge in [-0.15, -0.1) is 0 Å². The predicted molar refractivity (Wildman–Crippen MR) is 81.6 cm³/mol. The summed E-state index contributed by atoms with van der Waals surface area (Å²) < 4.78 is 4.46. The largest absolute Gasteiger partial charge is 0.358 e. The van der Waals surface area contributed by atoms with Crippen LogP contribution in [0.15, 0.2) is 42.5 Å². The van der Waals surface area contributed by atoms with Crippen molar-refractivity contribution in [3.05, 3.63) is 42.5 Å². The van der Waals surface area contributed by atoms with Crippen LogP contribution in [0.25, 0.3) is 22.2 Å². The molecule has 0 aliphatic carbocycles. The summed E-state index contributed by atoms with van der Waals surface area (Å²) in [5.74, 6) is 0.796. The Kier molecular flexibility index (Phi) is 3.17. The van der Waals surface area contributed by atoms with Crippen molar-refractivity contribution in [1.29, 1.82) is 0 Å². The van der Waals surface area contributed by atoms with Gasteiger partial charge in [-0.2, -0.15) is 9.36 Å². The molecule has 0 unspecified atom stereocenters. The van der Waals surface area contributed by atoms with E-state index in [-0.39, 0.29) is 0 Å². The molecule has 0 fully saturated rings. The summed E-state index contributed by atoms with van der Waals surface area (Å²) in [6.07, 6.45) is 0. The van der Waals surface area contributed by atoms with Crippen LogP contribution in [0.4, 0.5) is 5.13 Å². The maximum absolute atomic E-state index is 4.57. The maximum Gasteiger partial charge on any atom is 0.203 e.